The zero-order chi connectivity index (χ0) is 19.1. The molecule has 0 saturated carbocycles. The van der Waals surface area contributed by atoms with Gasteiger partial charge in [-0.3, -0.25) is 15.6 Å². The van der Waals surface area contributed by atoms with Crippen LogP contribution in [0.5, 0.6) is 11.5 Å². The largest absolute Gasteiger partial charge is 0.486 e. The number of thiocarbonyl (C=S) groups is 1. The van der Waals surface area contributed by atoms with Crippen LogP contribution in [0.4, 0.5) is 5.69 Å². The van der Waals surface area contributed by atoms with Crippen molar-refractivity contribution in [3.05, 3.63) is 53.1 Å². The van der Waals surface area contributed by atoms with E-state index in [-0.39, 0.29) is 16.8 Å². The minimum atomic E-state index is -0.182. The Hall–Kier alpha value is -2.16. The van der Waals surface area contributed by atoms with Crippen LogP contribution in [-0.2, 0) is 10.5 Å². The van der Waals surface area contributed by atoms with E-state index in [2.05, 4.69) is 16.2 Å². The molecule has 0 aromatic heterocycles. The Morgan fingerprint density at radius 3 is 2.70 bits per heavy atom. The Bertz CT molecular complexity index is 835. The van der Waals surface area contributed by atoms with Gasteiger partial charge in [0.2, 0.25) is 5.91 Å². The quantitative estimate of drug-likeness (QED) is 0.503. The van der Waals surface area contributed by atoms with Crippen LogP contribution in [0, 0.1) is 0 Å². The SMILES string of the molecule is O=C(CSCc1ccccc1Cl)NNC(=S)Nc1ccc2c(c1)OCCO2. The van der Waals surface area contributed by atoms with Crippen LogP contribution in [0.25, 0.3) is 0 Å². The fraction of sp³-hybridized carbons (Fsp3) is 0.222. The highest BCUT2D eigenvalue weighted by atomic mass is 35.5. The summed E-state index contributed by atoms with van der Waals surface area (Å²) in [6.07, 6.45) is 0. The van der Waals surface area contributed by atoms with Gasteiger partial charge in [-0.1, -0.05) is 29.8 Å². The third-order valence-electron chi connectivity index (χ3n) is 3.56. The number of rotatable bonds is 5. The standard InChI is InChI=1S/C18H18ClN3O3S2/c19-14-4-2-1-3-12(14)10-27-11-17(23)21-22-18(26)20-13-5-6-15-16(9-13)25-8-7-24-15/h1-6,9H,7-8,10-11H2,(H,21,23)(H2,20,22,26). The maximum absolute atomic E-state index is 11.9. The second kappa shape index (κ2) is 9.68. The van der Waals surface area contributed by atoms with Gasteiger partial charge in [-0.05, 0) is 36.0 Å². The summed E-state index contributed by atoms with van der Waals surface area (Å²) in [6.45, 7) is 1.06. The maximum Gasteiger partial charge on any atom is 0.248 e. The van der Waals surface area contributed by atoms with Gasteiger partial charge < -0.3 is 14.8 Å². The molecule has 1 heterocycles. The topological polar surface area (TPSA) is 71.6 Å². The van der Waals surface area contributed by atoms with Crippen LogP contribution in [0.1, 0.15) is 5.56 Å². The third-order valence-corrected chi connectivity index (χ3v) is 5.12. The summed E-state index contributed by atoms with van der Waals surface area (Å²) in [5.74, 6) is 2.12. The predicted molar refractivity (Wildman–Crippen MR) is 113 cm³/mol. The van der Waals surface area contributed by atoms with Crippen molar-refractivity contribution in [1.29, 1.82) is 0 Å². The molecule has 0 unspecified atom stereocenters. The lowest BCUT2D eigenvalue weighted by atomic mass is 10.2. The molecule has 0 spiro atoms. The van der Waals surface area contributed by atoms with Gasteiger partial charge in [-0.25, -0.2) is 0 Å². The highest BCUT2D eigenvalue weighted by Crippen LogP contribution is 2.32. The van der Waals surface area contributed by atoms with Gasteiger partial charge in [0.1, 0.15) is 13.2 Å². The highest BCUT2D eigenvalue weighted by Gasteiger charge is 2.12. The van der Waals surface area contributed by atoms with Gasteiger partial charge in [0.25, 0.3) is 0 Å². The first kappa shape index (κ1) is 19.6. The van der Waals surface area contributed by atoms with Crippen molar-refractivity contribution in [2.45, 2.75) is 5.75 Å². The second-order valence-electron chi connectivity index (χ2n) is 5.57. The molecule has 0 saturated heterocycles. The summed E-state index contributed by atoms with van der Waals surface area (Å²) >= 11 is 12.7. The Kier molecular flexibility index (Phi) is 7.03. The minimum Gasteiger partial charge on any atom is -0.486 e. The molecule has 0 bridgehead atoms. The molecule has 2 aromatic rings. The van der Waals surface area contributed by atoms with E-state index in [0.717, 1.165) is 11.3 Å². The smallest absolute Gasteiger partial charge is 0.248 e. The van der Waals surface area contributed by atoms with E-state index in [1.807, 2.05) is 36.4 Å². The Morgan fingerprint density at radius 2 is 1.89 bits per heavy atom. The molecule has 0 fully saturated rings. The minimum absolute atomic E-state index is 0.182. The van der Waals surface area contributed by atoms with E-state index in [1.165, 1.54) is 11.8 Å². The van der Waals surface area contributed by atoms with Gasteiger partial charge in [0.15, 0.2) is 16.6 Å². The molecule has 2 aromatic carbocycles. The van der Waals surface area contributed by atoms with Gasteiger partial charge in [-0.2, -0.15) is 0 Å². The van der Waals surface area contributed by atoms with Crippen LogP contribution >= 0.6 is 35.6 Å². The van der Waals surface area contributed by atoms with Crippen LogP contribution in [0.2, 0.25) is 5.02 Å². The molecule has 9 heteroatoms. The lowest BCUT2D eigenvalue weighted by molar-refractivity contribution is -0.119. The molecule has 3 N–H and O–H groups in total. The molecular formula is C18H18ClN3O3S2. The number of hydrogen-bond donors (Lipinski definition) is 3. The van der Waals surface area contributed by atoms with Crippen molar-refractivity contribution in [2.24, 2.45) is 0 Å². The van der Waals surface area contributed by atoms with E-state index in [1.54, 1.807) is 6.07 Å². The molecule has 6 nitrogen and oxygen atoms in total. The number of hydrogen-bond acceptors (Lipinski definition) is 5. The van der Waals surface area contributed by atoms with E-state index >= 15 is 0 Å². The molecule has 1 aliphatic heterocycles. The Labute approximate surface area is 171 Å². The molecule has 1 aliphatic rings. The number of benzene rings is 2. The number of thioether (sulfide) groups is 1. The fourth-order valence-corrected chi connectivity index (χ4v) is 3.60. The van der Waals surface area contributed by atoms with Crippen molar-refractivity contribution >= 4 is 52.3 Å². The van der Waals surface area contributed by atoms with Crippen LogP contribution < -0.4 is 25.6 Å². The third kappa shape index (κ3) is 5.92. The Morgan fingerprint density at radius 1 is 1.11 bits per heavy atom. The summed E-state index contributed by atoms with van der Waals surface area (Å²) in [6, 6.07) is 13.0. The average Bonchev–Trinajstić information content (AvgIpc) is 2.68. The molecule has 0 radical (unpaired) electrons. The summed E-state index contributed by atoms with van der Waals surface area (Å²) in [5, 5.41) is 3.96. The van der Waals surface area contributed by atoms with E-state index in [9.17, 15) is 4.79 Å². The normalized spacial score (nSPS) is 12.2. The number of fused-ring (bicyclic) bond motifs is 1. The maximum atomic E-state index is 11.9. The Balaban J connectivity index is 1.38. The summed E-state index contributed by atoms with van der Waals surface area (Å²) < 4.78 is 11.0. The first-order chi connectivity index (χ1) is 13.1. The molecule has 0 atom stereocenters. The first-order valence-corrected chi connectivity index (χ1v) is 10.1. The monoisotopic (exact) mass is 423 g/mol. The van der Waals surface area contributed by atoms with E-state index in [0.29, 0.717) is 35.5 Å². The highest BCUT2D eigenvalue weighted by molar-refractivity contribution is 7.99. The van der Waals surface area contributed by atoms with E-state index in [4.69, 9.17) is 33.3 Å². The van der Waals surface area contributed by atoms with Gasteiger partial charge in [0, 0.05) is 22.5 Å². The van der Waals surface area contributed by atoms with Gasteiger partial charge in [0.05, 0.1) is 5.75 Å². The molecule has 27 heavy (non-hydrogen) atoms. The number of carbonyl (C=O) groups excluding carboxylic acids is 1. The van der Waals surface area contributed by atoms with Crippen molar-refractivity contribution in [1.82, 2.24) is 10.9 Å². The van der Waals surface area contributed by atoms with Gasteiger partial charge >= 0.3 is 0 Å². The van der Waals surface area contributed by atoms with Crippen LogP contribution in [-0.4, -0.2) is 30.0 Å². The molecule has 1 amide bonds. The number of carbonyl (C=O) groups is 1. The van der Waals surface area contributed by atoms with Crippen molar-refractivity contribution < 1.29 is 14.3 Å². The zero-order valence-electron chi connectivity index (χ0n) is 14.3. The molecule has 0 aliphatic carbocycles. The molecule has 142 valence electrons. The number of nitrogens with one attached hydrogen (secondary N) is 3. The zero-order valence-corrected chi connectivity index (χ0v) is 16.7. The van der Waals surface area contributed by atoms with Crippen LogP contribution in [0.15, 0.2) is 42.5 Å². The number of ether oxygens (including phenoxy) is 2. The van der Waals surface area contributed by atoms with Crippen molar-refractivity contribution in [3.8, 4) is 11.5 Å². The van der Waals surface area contributed by atoms with Crippen molar-refractivity contribution in [3.63, 3.8) is 0 Å². The summed E-state index contributed by atoms with van der Waals surface area (Å²) in [4.78, 5) is 11.9. The number of halogens is 1. The van der Waals surface area contributed by atoms with Crippen LogP contribution in [0.3, 0.4) is 0 Å². The van der Waals surface area contributed by atoms with E-state index < -0.39 is 0 Å². The first-order valence-electron chi connectivity index (χ1n) is 8.18. The lowest BCUT2D eigenvalue weighted by Gasteiger charge is -2.19. The van der Waals surface area contributed by atoms with Gasteiger partial charge in [-0.15, -0.1) is 11.8 Å². The predicted octanol–water partition coefficient (Wildman–Crippen LogP) is 3.36. The average molecular weight is 424 g/mol. The summed E-state index contributed by atoms with van der Waals surface area (Å²) in [5.41, 5.74) is 6.98. The lowest BCUT2D eigenvalue weighted by Crippen LogP contribution is -2.44. The summed E-state index contributed by atoms with van der Waals surface area (Å²) in [7, 11) is 0. The fourth-order valence-electron chi connectivity index (χ4n) is 2.32. The second-order valence-corrected chi connectivity index (χ2v) is 7.37. The van der Waals surface area contributed by atoms with Crippen molar-refractivity contribution in [2.75, 3.05) is 24.3 Å². The molecule has 3 rings (SSSR count). The number of amides is 1. The molecular weight excluding hydrogens is 406 g/mol. The number of anilines is 1. The number of hydrazine groups is 1.